The van der Waals surface area contributed by atoms with E-state index in [0.717, 1.165) is 5.56 Å². The molecule has 0 saturated carbocycles. The van der Waals surface area contributed by atoms with Gasteiger partial charge in [-0.15, -0.1) is 0 Å². The van der Waals surface area contributed by atoms with Crippen LogP contribution >= 0.6 is 0 Å². The number of hydrogen-bond donors (Lipinski definition) is 2. The highest BCUT2D eigenvalue weighted by Gasteiger charge is 2.09. The molecule has 2 rings (SSSR count). The smallest absolute Gasteiger partial charge is 0.262 e. The van der Waals surface area contributed by atoms with E-state index in [0.29, 0.717) is 29.3 Å². The Morgan fingerprint density at radius 3 is 2.44 bits per heavy atom. The summed E-state index contributed by atoms with van der Waals surface area (Å²) in [4.78, 5) is 23.8. The van der Waals surface area contributed by atoms with Gasteiger partial charge < -0.3 is 20.1 Å². The number of methoxy groups -OCH3 is 1. The predicted molar refractivity (Wildman–Crippen MR) is 106 cm³/mol. The molecule has 0 bridgehead atoms. The topological polar surface area (TPSA) is 76.7 Å². The Balaban J connectivity index is 1.93. The van der Waals surface area contributed by atoms with Crippen LogP contribution in [0.3, 0.4) is 0 Å². The first-order valence-corrected chi connectivity index (χ1v) is 8.69. The van der Waals surface area contributed by atoms with Crippen molar-refractivity contribution in [2.75, 3.05) is 25.6 Å². The highest BCUT2D eigenvalue weighted by Crippen LogP contribution is 2.28. The lowest BCUT2D eigenvalue weighted by atomic mass is 10.2. The lowest BCUT2D eigenvalue weighted by Gasteiger charge is -2.12. The van der Waals surface area contributed by atoms with Gasteiger partial charge in [0.15, 0.2) is 18.1 Å². The molecule has 6 nitrogen and oxygen atoms in total. The molecule has 0 aliphatic heterocycles. The van der Waals surface area contributed by atoms with E-state index >= 15 is 0 Å². The lowest BCUT2D eigenvalue weighted by molar-refractivity contribution is -0.118. The average molecular weight is 368 g/mol. The van der Waals surface area contributed by atoms with Crippen molar-refractivity contribution >= 4 is 23.6 Å². The van der Waals surface area contributed by atoms with Crippen molar-refractivity contribution in [1.82, 2.24) is 5.32 Å². The SMILES string of the molecule is CC=Cc1ccc(OCC(=O)Nc2ccc(C(=O)NCC)cc2)c(OC)c1. The number of hydrogen-bond acceptors (Lipinski definition) is 4. The number of ether oxygens (including phenoxy) is 2. The van der Waals surface area contributed by atoms with Gasteiger partial charge in [-0.1, -0.05) is 18.2 Å². The maximum atomic E-state index is 12.1. The van der Waals surface area contributed by atoms with E-state index in [1.807, 2.05) is 38.1 Å². The van der Waals surface area contributed by atoms with Crippen LogP contribution < -0.4 is 20.1 Å². The summed E-state index contributed by atoms with van der Waals surface area (Å²) in [7, 11) is 1.55. The fourth-order valence-corrected chi connectivity index (χ4v) is 2.41. The van der Waals surface area contributed by atoms with Gasteiger partial charge in [0.1, 0.15) is 0 Å². The van der Waals surface area contributed by atoms with Gasteiger partial charge in [0.25, 0.3) is 11.8 Å². The molecule has 0 atom stereocenters. The Bertz CT molecular complexity index is 813. The number of allylic oxidation sites excluding steroid dienone is 1. The molecule has 27 heavy (non-hydrogen) atoms. The molecule has 0 aromatic heterocycles. The van der Waals surface area contributed by atoms with Crippen LogP contribution in [-0.2, 0) is 4.79 Å². The molecule has 0 aliphatic rings. The largest absolute Gasteiger partial charge is 0.493 e. The second-order valence-corrected chi connectivity index (χ2v) is 5.68. The zero-order valence-corrected chi connectivity index (χ0v) is 15.7. The molecular formula is C21H24N2O4. The number of carbonyl (C=O) groups is 2. The summed E-state index contributed by atoms with van der Waals surface area (Å²) in [5, 5.41) is 5.45. The highest BCUT2D eigenvalue weighted by molar-refractivity contribution is 5.96. The second-order valence-electron chi connectivity index (χ2n) is 5.68. The van der Waals surface area contributed by atoms with Crippen LogP contribution in [0.2, 0.25) is 0 Å². The Hall–Kier alpha value is -3.28. The summed E-state index contributed by atoms with van der Waals surface area (Å²) in [6.07, 6.45) is 3.88. The summed E-state index contributed by atoms with van der Waals surface area (Å²) in [5.41, 5.74) is 2.11. The maximum absolute atomic E-state index is 12.1. The van der Waals surface area contributed by atoms with Crippen LogP contribution in [0.15, 0.2) is 48.5 Å². The van der Waals surface area contributed by atoms with E-state index in [1.165, 1.54) is 0 Å². The zero-order chi connectivity index (χ0) is 19.6. The van der Waals surface area contributed by atoms with E-state index < -0.39 is 0 Å². The Kier molecular flexibility index (Phi) is 7.43. The van der Waals surface area contributed by atoms with E-state index in [4.69, 9.17) is 9.47 Å². The zero-order valence-electron chi connectivity index (χ0n) is 15.7. The average Bonchev–Trinajstić information content (AvgIpc) is 2.68. The van der Waals surface area contributed by atoms with Gasteiger partial charge in [-0.05, 0) is 55.8 Å². The normalized spacial score (nSPS) is 10.5. The quantitative estimate of drug-likeness (QED) is 0.748. The molecule has 0 fully saturated rings. The van der Waals surface area contributed by atoms with Crippen molar-refractivity contribution in [3.63, 3.8) is 0 Å². The number of benzene rings is 2. The fourth-order valence-electron chi connectivity index (χ4n) is 2.41. The standard InChI is InChI=1S/C21H24N2O4/c1-4-6-15-7-12-18(19(13-15)26-3)27-14-20(24)23-17-10-8-16(9-11-17)21(25)22-5-2/h4,6-13H,5,14H2,1-3H3,(H,22,25)(H,23,24). The first-order chi connectivity index (χ1) is 13.1. The molecule has 0 unspecified atom stereocenters. The van der Waals surface area contributed by atoms with Crippen LogP contribution in [0, 0.1) is 0 Å². The monoisotopic (exact) mass is 368 g/mol. The molecule has 2 amide bonds. The number of anilines is 1. The molecule has 0 spiro atoms. The van der Waals surface area contributed by atoms with E-state index in [9.17, 15) is 9.59 Å². The molecule has 2 aromatic carbocycles. The highest BCUT2D eigenvalue weighted by atomic mass is 16.5. The Morgan fingerprint density at radius 2 is 1.81 bits per heavy atom. The van der Waals surface area contributed by atoms with Crippen LogP contribution in [0.25, 0.3) is 6.08 Å². The van der Waals surface area contributed by atoms with Gasteiger partial charge in [0.2, 0.25) is 0 Å². The van der Waals surface area contributed by atoms with Crippen molar-refractivity contribution in [2.45, 2.75) is 13.8 Å². The van der Waals surface area contributed by atoms with Gasteiger partial charge in [-0.25, -0.2) is 0 Å². The number of nitrogens with one attached hydrogen (secondary N) is 2. The molecular weight excluding hydrogens is 344 g/mol. The minimum absolute atomic E-state index is 0.146. The molecule has 142 valence electrons. The van der Waals surface area contributed by atoms with Gasteiger partial charge in [0.05, 0.1) is 7.11 Å². The summed E-state index contributed by atoms with van der Waals surface area (Å²) < 4.78 is 10.9. The van der Waals surface area contributed by atoms with Crippen molar-refractivity contribution in [2.24, 2.45) is 0 Å². The third-order valence-corrected chi connectivity index (χ3v) is 3.67. The fraction of sp³-hybridized carbons (Fsp3) is 0.238. The molecule has 2 N–H and O–H groups in total. The minimum atomic E-state index is -0.305. The van der Waals surface area contributed by atoms with Gasteiger partial charge in [0, 0.05) is 17.8 Å². The van der Waals surface area contributed by atoms with Gasteiger partial charge in [-0.2, -0.15) is 0 Å². The predicted octanol–water partition coefficient (Wildman–Crippen LogP) is 3.50. The van der Waals surface area contributed by atoms with Crippen LogP contribution in [0.5, 0.6) is 11.5 Å². The van der Waals surface area contributed by atoms with Crippen LogP contribution in [0.1, 0.15) is 29.8 Å². The summed E-state index contributed by atoms with van der Waals surface area (Å²) >= 11 is 0. The van der Waals surface area contributed by atoms with E-state index in [2.05, 4.69) is 10.6 Å². The molecule has 0 heterocycles. The number of amides is 2. The van der Waals surface area contributed by atoms with Crippen molar-refractivity contribution < 1.29 is 19.1 Å². The summed E-state index contributed by atoms with van der Waals surface area (Å²) in [5.74, 6) is 0.602. The maximum Gasteiger partial charge on any atom is 0.262 e. The van der Waals surface area contributed by atoms with Crippen LogP contribution in [0.4, 0.5) is 5.69 Å². The molecule has 6 heteroatoms. The summed E-state index contributed by atoms with van der Waals surface area (Å²) in [6.45, 7) is 4.20. The van der Waals surface area contributed by atoms with E-state index in [-0.39, 0.29) is 18.4 Å². The summed E-state index contributed by atoms with van der Waals surface area (Å²) in [6, 6.07) is 12.2. The molecule has 0 radical (unpaired) electrons. The van der Waals surface area contributed by atoms with Gasteiger partial charge >= 0.3 is 0 Å². The van der Waals surface area contributed by atoms with Gasteiger partial charge in [-0.3, -0.25) is 9.59 Å². The second kappa shape index (κ2) is 10.0. The minimum Gasteiger partial charge on any atom is -0.493 e. The number of rotatable bonds is 8. The Labute approximate surface area is 159 Å². The first kappa shape index (κ1) is 20.0. The molecule has 0 saturated heterocycles. The third kappa shape index (κ3) is 5.88. The van der Waals surface area contributed by atoms with Crippen molar-refractivity contribution in [3.8, 4) is 11.5 Å². The van der Waals surface area contributed by atoms with Crippen molar-refractivity contribution in [3.05, 3.63) is 59.7 Å². The first-order valence-electron chi connectivity index (χ1n) is 8.69. The van der Waals surface area contributed by atoms with E-state index in [1.54, 1.807) is 37.4 Å². The Morgan fingerprint density at radius 1 is 1.07 bits per heavy atom. The molecule has 0 aliphatic carbocycles. The lowest BCUT2D eigenvalue weighted by Crippen LogP contribution is -2.23. The number of carbonyl (C=O) groups excluding carboxylic acids is 2. The third-order valence-electron chi connectivity index (χ3n) is 3.67. The molecule has 2 aromatic rings. The van der Waals surface area contributed by atoms with Crippen molar-refractivity contribution in [1.29, 1.82) is 0 Å². The van der Waals surface area contributed by atoms with Crippen LogP contribution in [-0.4, -0.2) is 32.1 Å².